The number of nitrogen functional groups attached to an aromatic ring is 1. The lowest BCUT2D eigenvalue weighted by molar-refractivity contribution is 0.102. The first-order valence-electron chi connectivity index (χ1n) is 4.83. The number of aromatic nitrogens is 2. The molecule has 16 heavy (non-hydrogen) atoms. The first-order valence-corrected chi connectivity index (χ1v) is 4.83. The van der Waals surface area contributed by atoms with Gasteiger partial charge in [-0.1, -0.05) is 17.7 Å². The molecule has 0 unspecified atom stereocenters. The fourth-order valence-corrected chi connectivity index (χ4v) is 1.31. The Morgan fingerprint density at radius 2 is 2.06 bits per heavy atom. The molecule has 0 bridgehead atoms. The zero-order valence-electron chi connectivity index (χ0n) is 8.82. The van der Waals surface area contributed by atoms with Crippen LogP contribution >= 0.6 is 0 Å². The van der Waals surface area contributed by atoms with Crippen molar-refractivity contribution in [1.29, 1.82) is 0 Å². The second-order valence-corrected chi connectivity index (χ2v) is 3.52. The topological polar surface area (TPSA) is 83.8 Å². The Labute approximate surface area is 92.7 Å². The number of nitrogens with one attached hydrogen (secondary N) is 2. The summed E-state index contributed by atoms with van der Waals surface area (Å²) in [7, 11) is 0. The van der Waals surface area contributed by atoms with Crippen molar-refractivity contribution in [2.75, 3.05) is 11.1 Å². The number of carbonyl (C=O) groups is 1. The number of hydrogen-bond acceptors (Lipinski definition) is 3. The molecule has 0 radical (unpaired) electrons. The highest BCUT2D eigenvalue weighted by atomic mass is 16.1. The van der Waals surface area contributed by atoms with Crippen LogP contribution in [0.15, 0.2) is 30.5 Å². The van der Waals surface area contributed by atoms with Crippen molar-refractivity contribution in [2.24, 2.45) is 0 Å². The van der Waals surface area contributed by atoms with Crippen LogP contribution in [-0.2, 0) is 0 Å². The highest BCUT2D eigenvalue weighted by Gasteiger charge is 2.11. The van der Waals surface area contributed by atoms with E-state index in [0.29, 0.717) is 5.56 Å². The highest BCUT2D eigenvalue weighted by molar-refractivity contribution is 6.07. The molecule has 5 heteroatoms. The van der Waals surface area contributed by atoms with E-state index >= 15 is 0 Å². The lowest BCUT2D eigenvalue weighted by atomic mass is 10.2. The number of rotatable bonds is 2. The van der Waals surface area contributed by atoms with Crippen LogP contribution in [0, 0.1) is 6.92 Å². The smallest absolute Gasteiger partial charge is 0.261 e. The van der Waals surface area contributed by atoms with Gasteiger partial charge in [0.25, 0.3) is 5.91 Å². The maximum atomic E-state index is 11.7. The van der Waals surface area contributed by atoms with E-state index in [4.69, 9.17) is 5.73 Å². The molecule has 0 atom stereocenters. The summed E-state index contributed by atoms with van der Waals surface area (Å²) in [5.74, 6) is -0.000264. The van der Waals surface area contributed by atoms with Crippen LogP contribution in [-0.4, -0.2) is 16.1 Å². The van der Waals surface area contributed by atoms with Gasteiger partial charge in [-0.3, -0.25) is 9.89 Å². The molecular weight excluding hydrogens is 204 g/mol. The number of hydrogen-bond donors (Lipinski definition) is 3. The van der Waals surface area contributed by atoms with E-state index in [1.165, 1.54) is 6.20 Å². The van der Waals surface area contributed by atoms with Crippen LogP contribution in [0.2, 0.25) is 0 Å². The van der Waals surface area contributed by atoms with Gasteiger partial charge in [-0.2, -0.15) is 5.10 Å². The van der Waals surface area contributed by atoms with Crippen molar-refractivity contribution in [3.05, 3.63) is 41.6 Å². The molecule has 0 fully saturated rings. The van der Waals surface area contributed by atoms with E-state index in [0.717, 1.165) is 11.3 Å². The lowest BCUT2D eigenvalue weighted by Crippen LogP contribution is -2.12. The van der Waals surface area contributed by atoms with Crippen LogP contribution in [0.1, 0.15) is 15.9 Å². The highest BCUT2D eigenvalue weighted by Crippen LogP contribution is 2.12. The monoisotopic (exact) mass is 216 g/mol. The minimum atomic E-state index is -0.268. The molecule has 82 valence electrons. The Hall–Kier alpha value is -2.30. The molecule has 2 rings (SSSR count). The van der Waals surface area contributed by atoms with Gasteiger partial charge in [0.1, 0.15) is 11.4 Å². The number of aromatic amines is 1. The van der Waals surface area contributed by atoms with E-state index in [1.807, 2.05) is 31.2 Å². The van der Waals surface area contributed by atoms with Crippen molar-refractivity contribution in [3.63, 3.8) is 0 Å². The normalized spacial score (nSPS) is 10.1. The molecule has 1 heterocycles. The molecule has 1 aromatic heterocycles. The lowest BCUT2D eigenvalue weighted by Gasteiger charge is -2.04. The summed E-state index contributed by atoms with van der Waals surface area (Å²) in [5, 5.41) is 8.93. The van der Waals surface area contributed by atoms with Crippen molar-refractivity contribution < 1.29 is 4.79 Å². The van der Waals surface area contributed by atoms with E-state index in [1.54, 1.807) is 0 Å². The van der Waals surface area contributed by atoms with Crippen LogP contribution in [0.4, 0.5) is 11.5 Å². The van der Waals surface area contributed by atoms with E-state index in [9.17, 15) is 4.79 Å². The Morgan fingerprint density at radius 3 is 2.62 bits per heavy atom. The molecule has 2 aromatic rings. The Balaban J connectivity index is 2.14. The van der Waals surface area contributed by atoms with E-state index in [-0.39, 0.29) is 11.7 Å². The van der Waals surface area contributed by atoms with Gasteiger partial charge < -0.3 is 11.1 Å². The molecule has 0 aliphatic carbocycles. The zero-order valence-corrected chi connectivity index (χ0v) is 8.82. The summed E-state index contributed by atoms with van der Waals surface area (Å²) in [6, 6.07) is 7.52. The summed E-state index contributed by atoms with van der Waals surface area (Å²) in [6.07, 6.45) is 1.40. The first kappa shape index (κ1) is 10.2. The summed E-state index contributed by atoms with van der Waals surface area (Å²) < 4.78 is 0. The minimum Gasteiger partial charge on any atom is -0.383 e. The van der Waals surface area contributed by atoms with Crippen molar-refractivity contribution in [3.8, 4) is 0 Å². The first-order chi connectivity index (χ1) is 7.66. The van der Waals surface area contributed by atoms with Gasteiger partial charge in [-0.25, -0.2) is 0 Å². The molecule has 0 saturated carbocycles. The third-order valence-electron chi connectivity index (χ3n) is 2.22. The van der Waals surface area contributed by atoms with Gasteiger partial charge in [-0.15, -0.1) is 0 Å². The average molecular weight is 216 g/mol. The van der Waals surface area contributed by atoms with E-state index < -0.39 is 0 Å². The van der Waals surface area contributed by atoms with Crippen LogP contribution in [0.25, 0.3) is 0 Å². The molecule has 0 aliphatic heterocycles. The predicted octanol–water partition coefficient (Wildman–Crippen LogP) is 1.55. The van der Waals surface area contributed by atoms with Crippen LogP contribution < -0.4 is 11.1 Å². The third kappa shape index (κ3) is 2.03. The van der Waals surface area contributed by atoms with Gasteiger partial charge in [0, 0.05) is 5.69 Å². The maximum absolute atomic E-state index is 11.7. The van der Waals surface area contributed by atoms with Crippen molar-refractivity contribution in [1.82, 2.24) is 10.2 Å². The van der Waals surface area contributed by atoms with E-state index in [2.05, 4.69) is 15.5 Å². The number of anilines is 2. The zero-order chi connectivity index (χ0) is 11.5. The van der Waals surface area contributed by atoms with Gasteiger partial charge in [-0.05, 0) is 19.1 Å². The standard InChI is InChI=1S/C11H12N4O/c1-7-2-4-8(5-3-7)14-11(16)9-6-13-15-10(9)12/h2-6H,1H3,(H,14,16)(H3,12,13,15). The predicted molar refractivity (Wildman–Crippen MR) is 62.1 cm³/mol. The second kappa shape index (κ2) is 4.06. The maximum Gasteiger partial charge on any atom is 0.261 e. The van der Waals surface area contributed by atoms with Crippen LogP contribution in [0.3, 0.4) is 0 Å². The van der Waals surface area contributed by atoms with Gasteiger partial charge in [0.15, 0.2) is 0 Å². The molecule has 0 spiro atoms. The van der Waals surface area contributed by atoms with Gasteiger partial charge in [0.05, 0.1) is 6.20 Å². The number of nitrogens with two attached hydrogens (primary N) is 1. The number of amides is 1. The summed E-state index contributed by atoms with van der Waals surface area (Å²) >= 11 is 0. The largest absolute Gasteiger partial charge is 0.383 e. The minimum absolute atomic E-state index is 0.268. The number of H-pyrrole nitrogens is 1. The summed E-state index contributed by atoms with van der Waals surface area (Å²) in [6.45, 7) is 1.99. The molecule has 0 saturated heterocycles. The number of aryl methyl sites for hydroxylation is 1. The van der Waals surface area contributed by atoms with Gasteiger partial charge >= 0.3 is 0 Å². The molecule has 5 nitrogen and oxygen atoms in total. The number of carbonyl (C=O) groups excluding carboxylic acids is 1. The molecule has 1 aromatic carbocycles. The SMILES string of the molecule is Cc1ccc(NC(=O)c2cn[nH]c2N)cc1. The number of benzene rings is 1. The fourth-order valence-electron chi connectivity index (χ4n) is 1.31. The number of nitrogens with zero attached hydrogens (tertiary/aromatic N) is 1. The Kier molecular flexibility index (Phi) is 2.59. The van der Waals surface area contributed by atoms with Crippen molar-refractivity contribution >= 4 is 17.4 Å². The van der Waals surface area contributed by atoms with Gasteiger partial charge in [0.2, 0.25) is 0 Å². The Morgan fingerprint density at radius 1 is 1.38 bits per heavy atom. The fraction of sp³-hybridized carbons (Fsp3) is 0.0909. The molecule has 4 N–H and O–H groups in total. The average Bonchev–Trinajstić information content (AvgIpc) is 2.68. The van der Waals surface area contributed by atoms with Crippen LogP contribution in [0.5, 0.6) is 0 Å². The second-order valence-electron chi connectivity index (χ2n) is 3.52. The molecule has 0 aliphatic rings. The summed E-state index contributed by atoms with van der Waals surface area (Å²) in [4.78, 5) is 11.7. The Bertz CT molecular complexity index is 501. The molecular formula is C11H12N4O. The molecule has 1 amide bonds. The summed E-state index contributed by atoms with van der Waals surface area (Å²) in [5.41, 5.74) is 7.76. The quantitative estimate of drug-likeness (QED) is 0.712. The third-order valence-corrected chi connectivity index (χ3v) is 2.22. The van der Waals surface area contributed by atoms with Crippen molar-refractivity contribution in [2.45, 2.75) is 6.92 Å².